The van der Waals surface area contributed by atoms with Crippen LogP contribution in [0.3, 0.4) is 0 Å². The normalized spacial score (nSPS) is 16.5. The second-order valence-electron chi connectivity index (χ2n) is 8.01. The number of para-hydroxylation sites is 1. The highest BCUT2D eigenvalue weighted by molar-refractivity contribution is 6.23. The van der Waals surface area contributed by atoms with Crippen molar-refractivity contribution < 1.29 is 4.79 Å². The molecule has 1 aliphatic carbocycles. The number of benzene rings is 3. The van der Waals surface area contributed by atoms with Gasteiger partial charge in [-0.2, -0.15) is 0 Å². The molecule has 0 saturated heterocycles. The molecule has 1 aromatic heterocycles. The Morgan fingerprint density at radius 2 is 1.48 bits per heavy atom. The van der Waals surface area contributed by atoms with E-state index in [0.29, 0.717) is 22.5 Å². The summed E-state index contributed by atoms with van der Waals surface area (Å²) < 4.78 is 1.54. The molecular weight excluding hydrogens is 386 g/mol. The van der Waals surface area contributed by atoms with Gasteiger partial charge in [-0.1, -0.05) is 72.3 Å². The van der Waals surface area contributed by atoms with Gasteiger partial charge in [0.1, 0.15) is 5.82 Å². The average molecular weight is 405 g/mol. The zero-order valence-corrected chi connectivity index (χ0v) is 16.8. The third-order valence-corrected chi connectivity index (χ3v) is 6.13. The van der Waals surface area contributed by atoms with Gasteiger partial charge in [0.15, 0.2) is 5.78 Å². The molecule has 2 aliphatic rings. The van der Waals surface area contributed by atoms with Crippen LogP contribution < -0.4 is 10.9 Å². The topological polar surface area (TPSA) is 66.9 Å². The number of rotatable bonds is 2. The molecule has 0 saturated carbocycles. The number of allylic oxidation sites excluding steroid dienone is 1. The third kappa shape index (κ3) is 2.50. The largest absolute Gasteiger partial charge is 0.339 e. The van der Waals surface area contributed by atoms with Crippen molar-refractivity contribution >= 4 is 17.3 Å². The number of carbonyl (C=O) groups excluding carboxylic acids is 1. The van der Waals surface area contributed by atoms with Crippen LogP contribution >= 0.6 is 0 Å². The molecule has 0 amide bonds. The first-order chi connectivity index (χ1) is 15.1. The lowest BCUT2D eigenvalue weighted by Crippen LogP contribution is -2.25. The van der Waals surface area contributed by atoms with E-state index in [0.717, 1.165) is 28.1 Å². The van der Waals surface area contributed by atoms with Gasteiger partial charge in [0.05, 0.1) is 16.9 Å². The molecule has 6 rings (SSSR count). The van der Waals surface area contributed by atoms with Gasteiger partial charge in [-0.3, -0.25) is 14.7 Å². The number of aromatic nitrogens is 2. The first kappa shape index (κ1) is 17.7. The lowest BCUT2D eigenvalue weighted by molar-refractivity contribution is 0.103. The van der Waals surface area contributed by atoms with Crippen LogP contribution in [0.5, 0.6) is 0 Å². The highest BCUT2D eigenvalue weighted by Gasteiger charge is 2.42. The molecule has 0 bridgehead atoms. The maximum Gasteiger partial charge on any atom is 0.277 e. The molecular formula is C26H19N3O2. The van der Waals surface area contributed by atoms with Crippen molar-refractivity contribution in [1.82, 2.24) is 9.78 Å². The quantitative estimate of drug-likeness (QED) is 0.511. The van der Waals surface area contributed by atoms with E-state index in [1.54, 1.807) is 0 Å². The lowest BCUT2D eigenvalue weighted by Gasteiger charge is -2.25. The van der Waals surface area contributed by atoms with Crippen LogP contribution in [0.15, 0.2) is 89.2 Å². The van der Waals surface area contributed by atoms with Gasteiger partial charge in [-0.25, -0.2) is 4.68 Å². The van der Waals surface area contributed by atoms with Gasteiger partial charge in [-0.15, -0.1) is 0 Å². The predicted octanol–water partition coefficient (Wildman–Crippen LogP) is 4.64. The fourth-order valence-electron chi connectivity index (χ4n) is 4.65. The van der Waals surface area contributed by atoms with Crippen molar-refractivity contribution in [3.05, 3.63) is 123 Å². The average Bonchev–Trinajstić information content (AvgIpc) is 3.29. The zero-order valence-electron chi connectivity index (χ0n) is 16.8. The van der Waals surface area contributed by atoms with E-state index >= 15 is 0 Å². The number of Topliss-reactive ketones (excluding diaryl/α,β-unsaturated/α-hetero) is 1. The number of ketones is 1. The van der Waals surface area contributed by atoms with Crippen molar-refractivity contribution in [2.24, 2.45) is 0 Å². The van der Waals surface area contributed by atoms with Crippen molar-refractivity contribution in [2.75, 3.05) is 5.32 Å². The Labute approximate surface area is 178 Å². The summed E-state index contributed by atoms with van der Waals surface area (Å²) in [4.78, 5) is 27.1. The van der Waals surface area contributed by atoms with Gasteiger partial charge in [-0.05, 0) is 24.6 Å². The first-order valence-electron chi connectivity index (χ1n) is 10.3. The van der Waals surface area contributed by atoms with Gasteiger partial charge in [0.25, 0.3) is 5.56 Å². The molecule has 5 heteroatoms. The summed E-state index contributed by atoms with van der Waals surface area (Å²) in [6.07, 6.45) is 0. The molecule has 0 unspecified atom stereocenters. The van der Waals surface area contributed by atoms with Gasteiger partial charge < -0.3 is 5.32 Å². The summed E-state index contributed by atoms with van der Waals surface area (Å²) in [5.41, 5.74) is 6.17. The number of nitrogens with zero attached hydrogens (tertiary/aromatic N) is 1. The Kier molecular flexibility index (Phi) is 3.68. The molecule has 1 atom stereocenters. The van der Waals surface area contributed by atoms with Crippen molar-refractivity contribution in [1.29, 1.82) is 0 Å². The van der Waals surface area contributed by atoms with Crippen LogP contribution in [0.4, 0.5) is 5.82 Å². The van der Waals surface area contributed by atoms with Crippen LogP contribution in [0.2, 0.25) is 0 Å². The van der Waals surface area contributed by atoms with E-state index in [1.165, 1.54) is 4.68 Å². The molecule has 3 aromatic carbocycles. The minimum atomic E-state index is -0.444. The molecule has 2 N–H and O–H groups in total. The number of aryl methyl sites for hydroxylation is 1. The van der Waals surface area contributed by atoms with Gasteiger partial charge >= 0.3 is 0 Å². The van der Waals surface area contributed by atoms with Gasteiger partial charge in [0.2, 0.25) is 0 Å². The maximum absolute atomic E-state index is 13.6. The number of fused-ring (bicyclic) bond motifs is 3. The summed E-state index contributed by atoms with van der Waals surface area (Å²) in [7, 11) is 0. The molecule has 2 heterocycles. The lowest BCUT2D eigenvalue weighted by atomic mass is 9.82. The Hall–Kier alpha value is -4.12. The van der Waals surface area contributed by atoms with E-state index < -0.39 is 5.92 Å². The Morgan fingerprint density at radius 3 is 2.23 bits per heavy atom. The smallest absolute Gasteiger partial charge is 0.277 e. The molecule has 0 spiro atoms. The summed E-state index contributed by atoms with van der Waals surface area (Å²) in [5, 5.41) is 6.61. The number of aromatic amines is 1. The first-order valence-corrected chi connectivity index (χ1v) is 10.3. The zero-order chi connectivity index (χ0) is 21.1. The molecule has 0 fully saturated rings. The summed E-state index contributed by atoms with van der Waals surface area (Å²) >= 11 is 0. The fraction of sp³-hybridized carbons (Fsp3) is 0.0769. The highest BCUT2D eigenvalue weighted by atomic mass is 16.1. The molecule has 0 radical (unpaired) electrons. The molecule has 4 aromatic rings. The fourth-order valence-corrected chi connectivity index (χ4v) is 4.65. The number of hydrogen-bond donors (Lipinski definition) is 2. The number of nitrogens with one attached hydrogen (secondary N) is 2. The van der Waals surface area contributed by atoms with Crippen LogP contribution in [-0.4, -0.2) is 15.6 Å². The minimum Gasteiger partial charge on any atom is -0.339 e. The highest BCUT2D eigenvalue weighted by Crippen LogP contribution is 2.47. The summed E-state index contributed by atoms with van der Waals surface area (Å²) in [6.45, 7) is 2.03. The maximum atomic E-state index is 13.6. The summed E-state index contributed by atoms with van der Waals surface area (Å²) in [5.74, 6) is 0.157. The third-order valence-electron chi connectivity index (χ3n) is 6.13. The van der Waals surface area contributed by atoms with E-state index in [4.69, 9.17) is 0 Å². The van der Waals surface area contributed by atoms with Crippen LogP contribution in [0, 0.1) is 6.92 Å². The Morgan fingerprint density at radius 1 is 0.806 bits per heavy atom. The molecule has 150 valence electrons. The second-order valence-corrected chi connectivity index (χ2v) is 8.01. The number of anilines is 1. The van der Waals surface area contributed by atoms with Gasteiger partial charge in [0, 0.05) is 22.6 Å². The van der Waals surface area contributed by atoms with E-state index in [-0.39, 0.29) is 11.3 Å². The Bertz CT molecular complexity index is 1440. The number of H-pyrrole nitrogens is 1. The molecule has 1 aliphatic heterocycles. The second kappa shape index (κ2) is 6.44. The predicted molar refractivity (Wildman–Crippen MR) is 121 cm³/mol. The number of carbonyl (C=O) groups is 1. The van der Waals surface area contributed by atoms with Crippen molar-refractivity contribution in [3.8, 4) is 5.69 Å². The number of hydrogen-bond acceptors (Lipinski definition) is 3. The van der Waals surface area contributed by atoms with Crippen molar-refractivity contribution in [2.45, 2.75) is 12.8 Å². The minimum absolute atomic E-state index is 0.0267. The molecule has 31 heavy (non-hydrogen) atoms. The van der Waals surface area contributed by atoms with E-state index in [1.807, 2.05) is 85.8 Å². The standard InChI is InChI=1S/C26H19N3O2/c1-15-11-13-16(14-12-15)20-21-23(18-9-5-6-10-19(18)24(21)30)27-25-22(20)26(31)29(28-25)17-7-3-2-4-8-17/h2-14,20,27-28H,1H3/t20-/m1/s1. The van der Waals surface area contributed by atoms with Crippen LogP contribution in [0.1, 0.15) is 38.5 Å². The monoisotopic (exact) mass is 405 g/mol. The van der Waals surface area contributed by atoms with Crippen LogP contribution in [-0.2, 0) is 0 Å². The van der Waals surface area contributed by atoms with Crippen molar-refractivity contribution in [3.63, 3.8) is 0 Å². The SMILES string of the molecule is Cc1ccc([C@@H]2C3=C(Nc4[nH]n(-c5ccccc5)c(=O)c42)c2ccccc2C3=O)cc1. The summed E-state index contributed by atoms with van der Waals surface area (Å²) in [6, 6.07) is 25.1. The van der Waals surface area contributed by atoms with E-state index in [2.05, 4.69) is 10.4 Å². The van der Waals surface area contributed by atoms with E-state index in [9.17, 15) is 9.59 Å². The Balaban J connectivity index is 1.62. The molecule has 5 nitrogen and oxygen atoms in total. The van der Waals surface area contributed by atoms with Crippen LogP contribution in [0.25, 0.3) is 11.4 Å².